The van der Waals surface area contributed by atoms with Crippen LogP contribution >= 0.6 is 0 Å². The number of fused-ring (bicyclic) bond motifs is 1. The van der Waals surface area contributed by atoms with Crippen molar-refractivity contribution in [1.82, 2.24) is 15.2 Å². The fourth-order valence-corrected chi connectivity index (χ4v) is 4.44. The molecule has 2 aliphatic rings. The average Bonchev–Trinajstić information content (AvgIpc) is 2.68. The molecule has 1 aliphatic heterocycles. The Bertz CT molecular complexity index is 588. The molecule has 1 saturated carbocycles. The highest BCUT2D eigenvalue weighted by Gasteiger charge is 2.35. The summed E-state index contributed by atoms with van der Waals surface area (Å²) in [6.07, 6.45) is 11.5. The van der Waals surface area contributed by atoms with Crippen molar-refractivity contribution in [2.24, 2.45) is 5.92 Å². The lowest BCUT2D eigenvalue weighted by molar-refractivity contribution is -0.137. The standard InChI is InChI=1S/C21H31N3O2/c25-20(23-15-13-18-9-3-4-14-22-18)11-5-12-21(26)24-16-6-8-17-7-1-2-10-19(17)24/h3-4,9,14,17,19H,1-2,5-8,10-13,15-16H2,(H,23,25). The van der Waals surface area contributed by atoms with E-state index in [1.807, 2.05) is 18.2 Å². The Labute approximate surface area is 156 Å². The second-order valence-electron chi connectivity index (χ2n) is 7.62. The largest absolute Gasteiger partial charge is 0.356 e. The van der Waals surface area contributed by atoms with E-state index in [-0.39, 0.29) is 11.8 Å². The lowest BCUT2D eigenvalue weighted by Crippen LogP contribution is -2.49. The smallest absolute Gasteiger partial charge is 0.222 e. The van der Waals surface area contributed by atoms with E-state index >= 15 is 0 Å². The van der Waals surface area contributed by atoms with E-state index < -0.39 is 0 Å². The summed E-state index contributed by atoms with van der Waals surface area (Å²) < 4.78 is 0. The quantitative estimate of drug-likeness (QED) is 0.816. The van der Waals surface area contributed by atoms with Gasteiger partial charge in [-0.25, -0.2) is 0 Å². The molecule has 26 heavy (non-hydrogen) atoms. The minimum atomic E-state index is 0.0305. The molecule has 0 spiro atoms. The molecule has 1 aromatic rings. The van der Waals surface area contributed by atoms with Crippen LogP contribution in [0.15, 0.2) is 24.4 Å². The van der Waals surface area contributed by atoms with Crippen LogP contribution in [0.25, 0.3) is 0 Å². The molecular weight excluding hydrogens is 326 g/mol. The van der Waals surface area contributed by atoms with Crippen LogP contribution in [0, 0.1) is 5.92 Å². The van der Waals surface area contributed by atoms with Crippen LogP contribution in [0.3, 0.4) is 0 Å². The molecule has 2 heterocycles. The van der Waals surface area contributed by atoms with Gasteiger partial charge in [0.25, 0.3) is 0 Å². The van der Waals surface area contributed by atoms with Crippen LogP contribution in [0.4, 0.5) is 0 Å². The number of amides is 2. The number of hydrogen-bond donors (Lipinski definition) is 1. The van der Waals surface area contributed by atoms with Crippen LogP contribution in [0.1, 0.15) is 63.5 Å². The Morgan fingerprint density at radius 3 is 2.81 bits per heavy atom. The second-order valence-corrected chi connectivity index (χ2v) is 7.62. The molecule has 1 N–H and O–H groups in total. The Hall–Kier alpha value is -1.91. The normalized spacial score (nSPS) is 22.5. The minimum Gasteiger partial charge on any atom is -0.356 e. The molecule has 1 aromatic heterocycles. The lowest BCUT2D eigenvalue weighted by atomic mass is 9.78. The number of rotatable bonds is 7. The molecule has 2 fully saturated rings. The topological polar surface area (TPSA) is 62.3 Å². The molecule has 5 heteroatoms. The minimum absolute atomic E-state index is 0.0305. The number of piperidine rings is 1. The third-order valence-electron chi connectivity index (χ3n) is 5.79. The summed E-state index contributed by atoms with van der Waals surface area (Å²) >= 11 is 0. The van der Waals surface area contributed by atoms with E-state index in [2.05, 4.69) is 15.2 Å². The Morgan fingerprint density at radius 2 is 1.96 bits per heavy atom. The van der Waals surface area contributed by atoms with Gasteiger partial charge in [-0.05, 0) is 50.2 Å². The maximum Gasteiger partial charge on any atom is 0.222 e. The Kier molecular flexibility index (Phi) is 7.04. The van der Waals surface area contributed by atoms with Crippen molar-refractivity contribution in [3.63, 3.8) is 0 Å². The maximum atomic E-state index is 12.6. The molecule has 142 valence electrons. The zero-order valence-electron chi connectivity index (χ0n) is 15.7. The first kappa shape index (κ1) is 18.9. The maximum absolute atomic E-state index is 12.6. The van der Waals surface area contributed by atoms with E-state index in [0.717, 1.165) is 31.0 Å². The van der Waals surface area contributed by atoms with Crippen molar-refractivity contribution in [3.8, 4) is 0 Å². The number of pyridine rings is 1. The van der Waals surface area contributed by atoms with Crippen molar-refractivity contribution in [3.05, 3.63) is 30.1 Å². The Balaban J connectivity index is 1.33. The SMILES string of the molecule is O=C(CCCC(=O)N1CCCC2CCCCC21)NCCc1ccccn1. The molecule has 2 unspecified atom stereocenters. The molecule has 2 amide bonds. The zero-order chi connectivity index (χ0) is 18.2. The second kappa shape index (κ2) is 9.70. The number of nitrogens with zero attached hydrogens (tertiary/aromatic N) is 2. The van der Waals surface area contributed by atoms with Gasteiger partial charge in [0, 0.05) is 50.3 Å². The molecule has 2 atom stereocenters. The summed E-state index contributed by atoms with van der Waals surface area (Å²) in [6, 6.07) is 6.27. The monoisotopic (exact) mass is 357 g/mol. The van der Waals surface area contributed by atoms with Crippen LogP contribution in [0.5, 0.6) is 0 Å². The van der Waals surface area contributed by atoms with Gasteiger partial charge in [-0.15, -0.1) is 0 Å². The van der Waals surface area contributed by atoms with Gasteiger partial charge in [-0.1, -0.05) is 18.9 Å². The number of hydrogen-bond acceptors (Lipinski definition) is 3. The highest BCUT2D eigenvalue weighted by molar-refractivity contribution is 5.79. The van der Waals surface area contributed by atoms with Gasteiger partial charge in [0.1, 0.15) is 0 Å². The van der Waals surface area contributed by atoms with Gasteiger partial charge in [0.2, 0.25) is 11.8 Å². The highest BCUT2D eigenvalue weighted by Crippen LogP contribution is 2.35. The molecule has 3 rings (SSSR count). The van der Waals surface area contributed by atoms with Crippen LogP contribution < -0.4 is 5.32 Å². The summed E-state index contributed by atoms with van der Waals surface area (Å²) in [4.78, 5) is 31.0. The number of carbonyl (C=O) groups excluding carboxylic acids is 2. The fraction of sp³-hybridized carbons (Fsp3) is 0.667. The fourth-order valence-electron chi connectivity index (χ4n) is 4.44. The molecular formula is C21H31N3O2. The average molecular weight is 357 g/mol. The first-order valence-corrected chi connectivity index (χ1v) is 10.2. The van der Waals surface area contributed by atoms with Crippen LogP contribution in [-0.4, -0.2) is 40.8 Å². The van der Waals surface area contributed by atoms with Gasteiger partial charge in [0.15, 0.2) is 0 Å². The van der Waals surface area contributed by atoms with Gasteiger partial charge in [-0.2, -0.15) is 0 Å². The predicted molar refractivity (Wildman–Crippen MR) is 101 cm³/mol. The number of carbonyl (C=O) groups is 2. The van der Waals surface area contributed by atoms with Crippen molar-refractivity contribution in [1.29, 1.82) is 0 Å². The summed E-state index contributed by atoms with van der Waals surface area (Å²) in [5.41, 5.74) is 0.982. The zero-order valence-corrected chi connectivity index (χ0v) is 15.7. The van der Waals surface area contributed by atoms with E-state index in [0.29, 0.717) is 31.8 Å². The first-order valence-electron chi connectivity index (χ1n) is 10.2. The molecule has 0 bridgehead atoms. The summed E-state index contributed by atoms with van der Waals surface area (Å²) in [7, 11) is 0. The number of nitrogens with one attached hydrogen (secondary N) is 1. The lowest BCUT2D eigenvalue weighted by Gasteiger charge is -2.44. The van der Waals surface area contributed by atoms with Gasteiger partial charge in [-0.3, -0.25) is 14.6 Å². The molecule has 0 aromatic carbocycles. The van der Waals surface area contributed by atoms with Crippen molar-refractivity contribution in [2.45, 2.75) is 70.3 Å². The van der Waals surface area contributed by atoms with E-state index in [1.54, 1.807) is 6.20 Å². The highest BCUT2D eigenvalue weighted by atomic mass is 16.2. The summed E-state index contributed by atoms with van der Waals surface area (Å²) in [5, 5.41) is 2.93. The van der Waals surface area contributed by atoms with Crippen LogP contribution in [-0.2, 0) is 16.0 Å². The molecule has 1 aliphatic carbocycles. The number of likely N-dealkylation sites (tertiary alicyclic amines) is 1. The van der Waals surface area contributed by atoms with Gasteiger partial charge in [0.05, 0.1) is 0 Å². The molecule has 5 nitrogen and oxygen atoms in total. The third kappa shape index (κ3) is 5.29. The number of aromatic nitrogens is 1. The van der Waals surface area contributed by atoms with Gasteiger partial charge < -0.3 is 10.2 Å². The van der Waals surface area contributed by atoms with E-state index in [4.69, 9.17) is 0 Å². The van der Waals surface area contributed by atoms with E-state index in [9.17, 15) is 9.59 Å². The predicted octanol–water partition coefficient (Wildman–Crippen LogP) is 3.09. The third-order valence-corrected chi connectivity index (χ3v) is 5.79. The first-order chi connectivity index (χ1) is 12.7. The molecule has 0 radical (unpaired) electrons. The summed E-state index contributed by atoms with van der Waals surface area (Å²) in [6.45, 7) is 1.51. The Morgan fingerprint density at radius 1 is 1.12 bits per heavy atom. The van der Waals surface area contributed by atoms with Crippen LogP contribution in [0.2, 0.25) is 0 Å². The molecule has 1 saturated heterocycles. The summed E-state index contributed by atoms with van der Waals surface area (Å²) in [5.74, 6) is 1.00. The van der Waals surface area contributed by atoms with Crippen molar-refractivity contribution in [2.75, 3.05) is 13.1 Å². The van der Waals surface area contributed by atoms with Crippen molar-refractivity contribution < 1.29 is 9.59 Å². The van der Waals surface area contributed by atoms with E-state index in [1.165, 1.54) is 32.1 Å². The van der Waals surface area contributed by atoms with Crippen molar-refractivity contribution >= 4 is 11.8 Å². The van der Waals surface area contributed by atoms with Gasteiger partial charge >= 0.3 is 0 Å².